The molecule has 2 aliphatic rings. The Kier molecular flexibility index (Phi) is 7.65. The number of benzene rings is 2. The molecule has 2 aliphatic heterocycles. The fourth-order valence-corrected chi connectivity index (χ4v) is 5.29. The highest BCUT2D eigenvalue weighted by Crippen LogP contribution is 2.28. The van der Waals surface area contributed by atoms with Crippen molar-refractivity contribution in [3.05, 3.63) is 65.3 Å². The van der Waals surface area contributed by atoms with Gasteiger partial charge in [0.05, 0.1) is 12.6 Å². The van der Waals surface area contributed by atoms with Crippen LogP contribution in [0.2, 0.25) is 5.02 Å². The van der Waals surface area contributed by atoms with Gasteiger partial charge in [0.2, 0.25) is 5.91 Å². The molecule has 1 aromatic heterocycles. The van der Waals surface area contributed by atoms with Gasteiger partial charge in [0.1, 0.15) is 11.8 Å². The molecule has 2 aromatic carbocycles. The molecule has 0 spiro atoms. The molecule has 2 saturated heterocycles. The lowest BCUT2D eigenvalue weighted by Crippen LogP contribution is -2.56. The molecule has 3 heterocycles. The number of hydrogen-bond donors (Lipinski definition) is 1. The molecule has 2 fully saturated rings. The summed E-state index contributed by atoms with van der Waals surface area (Å²) in [7, 11) is 1.64. The molecule has 3 aromatic rings. The molecule has 1 N–H and O–H groups in total. The van der Waals surface area contributed by atoms with Gasteiger partial charge >= 0.3 is 6.03 Å². The number of hydrogen-bond acceptors (Lipinski definition) is 5. The maximum atomic E-state index is 13.3. The number of carbonyl (C=O) groups is 2. The number of aromatic nitrogens is 1. The van der Waals surface area contributed by atoms with E-state index < -0.39 is 6.04 Å². The fraction of sp³-hybridized carbons (Fsp3) is 0.393. The summed E-state index contributed by atoms with van der Waals surface area (Å²) in [4.78, 5) is 36.8. The van der Waals surface area contributed by atoms with Crippen molar-refractivity contribution in [2.45, 2.75) is 31.8 Å². The van der Waals surface area contributed by atoms with E-state index in [-0.39, 0.29) is 11.9 Å². The van der Waals surface area contributed by atoms with E-state index in [2.05, 4.69) is 15.2 Å². The molecular weight excluding hydrogens is 490 g/mol. The van der Waals surface area contributed by atoms with Crippen LogP contribution in [0.4, 0.5) is 10.5 Å². The minimum absolute atomic E-state index is 0.0118. The van der Waals surface area contributed by atoms with Gasteiger partial charge in [0.15, 0.2) is 0 Å². The second-order valence-electron chi connectivity index (χ2n) is 9.57. The number of anilines is 1. The zero-order valence-corrected chi connectivity index (χ0v) is 21.8. The Hall–Kier alpha value is -3.52. The van der Waals surface area contributed by atoms with Crippen molar-refractivity contribution in [2.24, 2.45) is 0 Å². The molecule has 0 aliphatic carbocycles. The molecular formula is C28H32ClN5O3. The van der Waals surface area contributed by atoms with Crippen molar-refractivity contribution in [3.63, 3.8) is 0 Å². The van der Waals surface area contributed by atoms with Crippen LogP contribution in [0.1, 0.15) is 24.8 Å². The van der Waals surface area contributed by atoms with Crippen molar-refractivity contribution >= 4 is 40.1 Å². The first-order chi connectivity index (χ1) is 18.0. The predicted octanol–water partition coefficient (Wildman–Crippen LogP) is 4.31. The van der Waals surface area contributed by atoms with Crippen molar-refractivity contribution in [3.8, 4) is 5.75 Å². The van der Waals surface area contributed by atoms with E-state index in [0.717, 1.165) is 40.7 Å². The molecule has 37 heavy (non-hydrogen) atoms. The zero-order valence-electron chi connectivity index (χ0n) is 21.0. The van der Waals surface area contributed by atoms with E-state index in [4.69, 9.17) is 16.3 Å². The van der Waals surface area contributed by atoms with E-state index in [1.807, 2.05) is 58.3 Å². The van der Waals surface area contributed by atoms with E-state index >= 15 is 0 Å². The van der Waals surface area contributed by atoms with Gasteiger partial charge in [-0.1, -0.05) is 23.7 Å². The number of urea groups is 1. The topological polar surface area (TPSA) is 78.0 Å². The van der Waals surface area contributed by atoms with E-state index in [0.29, 0.717) is 50.7 Å². The van der Waals surface area contributed by atoms with Crippen molar-refractivity contribution in [1.29, 1.82) is 0 Å². The van der Waals surface area contributed by atoms with Gasteiger partial charge in [-0.05, 0) is 61.2 Å². The Balaban J connectivity index is 1.19. The lowest BCUT2D eigenvalue weighted by molar-refractivity contribution is -0.133. The smallest absolute Gasteiger partial charge is 0.318 e. The number of carbonyl (C=O) groups excluding carboxylic acids is 2. The Morgan fingerprint density at radius 1 is 1.05 bits per heavy atom. The molecule has 194 valence electrons. The summed E-state index contributed by atoms with van der Waals surface area (Å²) in [5.41, 5.74) is 2.99. The molecule has 9 heteroatoms. The number of halogens is 1. The quantitative estimate of drug-likeness (QED) is 0.541. The molecule has 8 nitrogen and oxygen atoms in total. The first-order valence-electron chi connectivity index (χ1n) is 12.8. The molecule has 0 bridgehead atoms. The van der Waals surface area contributed by atoms with Gasteiger partial charge in [-0.2, -0.15) is 0 Å². The predicted molar refractivity (Wildman–Crippen MR) is 145 cm³/mol. The van der Waals surface area contributed by atoms with Crippen LogP contribution in [0.3, 0.4) is 0 Å². The fourth-order valence-electron chi connectivity index (χ4n) is 5.12. The molecule has 0 saturated carbocycles. The Morgan fingerprint density at radius 3 is 2.59 bits per heavy atom. The first-order valence-corrected chi connectivity index (χ1v) is 13.2. The van der Waals surface area contributed by atoms with Crippen molar-refractivity contribution in [1.82, 2.24) is 20.1 Å². The van der Waals surface area contributed by atoms with Crippen LogP contribution >= 0.6 is 11.6 Å². The molecule has 3 amide bonds. The van der Waals surface area contributed by atoms with Gasteiger partial charge in [-0.3, -0.25) is 9.78 Å². The Labute approximate surface area is 222 Å². The monoisotopic (exact) mass is 521 g/mol. The average molecular weight is 522 g/mol. The van der Waals surface area contributed by atoms with Crippen molar-refractivity contribution in [2.75, 3.05) is 44.7 Å². The van der Waals surface area contributed by atoms with Crippen LogP contribution < -0.4 is 15.0 Å². The number of likely N-dealkylation sites (tertiary alicyclic amines) is 1. The largest absolute Gasteiger partial charge is 0.497 e. The summed E-state index contributed by atoms with van der Waals surface area (Å²) >= 11 is 6.14. The average Bonchev–Trinajstić information content (AvgIpc) is 3.09. The molecule has 0 unspecified atom stereocenters. The second kappa shape index (κ2) is 11.3. The number of methoxy groups -OCH3 is 1. The minimum atomic E-state index is -0.500. The van der Waals surface area contributed by atoms with E-state index in [9.17, 15) is 9.59 Å². The molecule has 1 atom stereocenters. The summed E-state index contributed by atoms with van der Waals surface area (Å²) < 4.78 is 5.23. The highest BCUT2D eigenvalue weighted by atomic mass is 35.5. The summed E-state index contributed by atoms with van der Waals surface area (Å²) in [5, 5.41) is 4.74. The minimum Gasteiger partial charge on any atom is -0.497 e. The van der Waals surface area contributed by atoms with Crippen LogP contribution in [0.5, 0.6) is 5.75 Å². The van der Waals surface area contributed by atoms with Crippen LogP contribution in [0.25, 0.3) is 10.9 Å². The third kappa shape index (κ3) is 5.74. The number of amides is 3. The van der Waals surface area contributed by atoms with Gasteiger partial charge < -0.3 is 24.8 Å². The lowest BCUT2D eigenvalue weighted by Gasteiger charge is -2.37. The lowest BCUT2D eigenvalue weighted by atomic mass is 10.1. The number of rotatable bonds is 5. The summed E-state index contributed by atoms with van der Waals surface area (Å²) in [6.45, 7) is 3.80. The standard InChI is InChI=1S/C28H32ClN5O3/c1-37-22-8-5-20(6-9-22)19-34-13-3-2-4-24(27(34)35)31-28(36)33-16-14-32(15-17-33)26-11-12-30-25-18-21(29)7-10-23(25)26/h5-12,18,24H,2-4,13-17,19H2,1H3,(H,31,36)/t24-/m0/s1. The number of nitrogens with one attached hydrogen (secondary N) is 1. The third-order valence-corrected chi connectivity index (χ3v) is 7.44. The number of nitrogens with zero attached hydrogens (tertiary/aromatic N) is 4. The Morgan fingerprint density at radius 2 is 1.84 bits per heavy atom. The van der Waals surface area contributed by atoms with E-state index in [1.165, 1.54) is 0 Å². The zero-order chi connectivity index (χ0) is 25.8. The van der Waals surface area contributed by atoms with Gasteiger partial charge in [0, 0.05) is 61.6 Å². The highest BCUT2D eigenvalue weighted by Gasteiger charge is 2.31. The van der Waals surface area contributed by atoms with Crippen LogP contribution in [-0.4, -0.2) is 72.6 Å². The van der Waals surface area contributed by atoms with Crippen LogP contribution in [-0.2, 0) is 11.3 Å². The molecule has 0 radical (unpaired) electrons. The van der Waals surface area contributed by atoms with Crippen LogP contribution in [0.15, 0.2) is 54.7 Å². The van der Waals surface area contributed by atoms with Gasteiger partial charge in [0.25, 0.3) is 0 Å². The van der Waals surface area contributed by atoms with Gasteiger partial charge in [-0.15, -0.1) is 0 Å². The van der Waals surface area contributed by atoms with E-state index in [1.54, 1.807) is 13.3 Å². The number of ether oxygens (including phenoxy) is 1. The third-order valence-electron chi connectivity index (χ3n) is 7.20. The summed E-state index contributed by atoms with van der Waals surface area (Å²) in [5.74, 6) is 0.778. The second-order valence-corrected chi connectivity index (χ2v) is 10.0. The summed E-state index contributed by atoms with van der Waals surface area (Å²) in [6, 6.07) is 14.8. The number of pyridine rings is 1. The van der Waals surface area contributed by atoms with Gasteiger partial charge in [-0.25, -0.2) is 4.79 Å². The Bertz CT molecular complexity index is 1260. The maximum Gasteiger partial charge on any atom is 0.318 e. The van der Waals surface area contributed by atoms with Crippen LogP contribution in [0, 0.1) is 0 Å². The van der Waals surface area contributed by atoms with Crippen molar-refractivity contribution < 1.29 is 14.3 Å². The normalized spacial score (nSPS) is 18.6. The summed E-state index contributed by atoms with van der Waals surface area (Å²) in [6.07, 6.45) is 4.29. The maximum absolute atomic E-state index is 13.3. The number of fused-ring (bicyclic) bond motifs is 1. The highest BCUT2D eigenvalue weighted by molar-refractivity contribution is 6.31. The first kappa shape index (κ1) is 25.1. The SMILES string of the molecule is COc1ccc(CN2CCCC[C@H](NC(=O)N3CCN(c4ccnc5cc(Cl)ccc45)CC3)C2=O)cc1. The molecule has 5 rings (SSSR count). The number of piperazine rings is 1.